The number of carbonyl (C=O) groups is 1. The van der Waals surface area contributed by atoms with Crippen molar-refractivity contribution in [2.45, 2.75) is 6.42 Å². The van der Waals surface area contributed by atoms with Gasteiger partial charge >= 0.3 is 5.97 Å². The lowest BCUT2D eigenvalue weighted by molar-refractivity contribution is -0.136. The van der Waals surface area contributed by atoms with E-state index in [0.717, 1.165) is 5.56 Å². The molecule has 0 unspecified atom stereocenters. The largest absolute Gasteiger partial charge is 0.481 e. The van der Waals surface area contributed by atoms with Crippen LogP contribution in [0.5, 0.6) is 0 Å². The highest BCUT2D eigenvalue weighted by Crippen LogP contribution is 2.20. The fourth-order valence-corrected chi connectivity index (χ4v) is 2.53. The molecule has 0 aliphatic heterocycles. The molecule has 3 rings (SSSR count). The van der Waals surface area contributed by atoms with E-state index in [1.807, 2.05) is 30.3 Å². The van der Waals surface area contributed by atoms with Crippen LogP contribution in [0.3, 0.4) is 0 Å². The molecular formula is C12H9N3O2S. The number of hydrogen-bond donors (Lipinski definition) is 1. The minimum Gasteiger partial charge on any atom is -0.481 e. The molecule has 0 radical (unpaired) electrons. The Morgan fingerprint density at radius 1 is 1.33 bits per heavy atom. The molecule has 2 heterocycles. The SMILES string of the molecule is O=C(O)Cc1csc2nc(-c3ccccc3)nn12. The van der Waals surface area contributed by atoms with Gasteiger partial charge in [-0.15, -0.1) is 16.4 Å². The van der Waals surface area contributed by atoms with Crippen molar-refractivity contribution in [2.24, 2.45) is 0 Å². The van der Waals surface area contributed by atoms with Gasteiger partial charge in [-0.3, -0.25) is 4.79 Å². The van der Waals surface area contributed by atoms with Gasteiger partial charge in [-0.1, -0.05) is 30.3 Å². The van der Waals surface area contributed by atoms with E-state index in [9.17, 15) is 4.79 Å². The fraction of sp³-hybridized carbons (Fsp3) is 0.0833. The Morgan fingerprint density at radius 3 is 2.83 bits per heavy atom. The Balaban J connectivity index is 2.07. The van der Waals surface area contributed by atoms with Gasteiger partial charge < -0.3 is 5.11 Å². The highest BCUT2D eigenvalue weighted by atomic mass is 32.1. The molecule has 0 atom stereocenters. The van der Waals surface area contributed by atoms with E-state index in [1.165, 1.54) is 11.3 Å². The predicted molar refractivity (Wildman–Crippen MR) is 67.6 cm³/mol. The van der Waals surface area contributed by atoms with Crippen LogP contribution in [0.2, 0.25) is 0 Å². The topological polar surface area (TPSA) is 67.5 Å². The van der Waals surface area contributed by atoms with Gasteiger partial charge in [0.05, 0.1) is 12.1 Å². The van der Waals surface area contributed by atoms with Crippen molar-refractivity contribution in [1.82, 2.24) is 14.6 Å². The van der Waals surface area contributed by atoms with Crippen molar-refractivity contribution in [1.29, 1.82) is 0 Å². The zero-order valence-electron chi connectivity index (χ0n) is 9.28. The van der Waals surface area contributed by atoms with Gasteiger partial charge in [0.2, 0.25) is 4.96 Å². The Labute approximate surface area is 106 Å². The molecule has 0 amide bonds. The third kappa shape index (κ3) is 1.86. The lowest BCUT2D eigenvalue weighted by atomic mass is 10.2. The van der Waals surface area contributed by atoms with Gasteiger partial charge in [0, 0.05) is 10.9 Å². The summed E-state index contributed by atoms with van der Waals surface area (Å²) in [7, 11) is 0. The first kappa shape index (κ1) is 10.9. The molecule has 6 heteroatoms. The summed E-state index contributed by atoms with van der Waals surface area (Å²) >= 11 is 1.40. The van der Waals surface area contributed by atoms with Gasteiger partial charge in [0.25, 0.3) is 0 Å². The molecule has 3 aromatic rings. The zero-order chi connectivity index (χ0) is 12.5. The van der Waals surface area contributed by atoms with Crippen LogP contribution in [0, 0.1) is 0 Å². The van der Waals surface area contributed by atoms with E-state index in [4.69, 9.17) is 5.11 Å². The van der Waals surface area contributed by atoms with Gasteiger partial charge in [-0.05, 0) is 0 Å². The summed E-state index contributed by atoms with van der Waals surface area (Å²) in [5.41, 5.74) is 1.58. The lowest BCUT2D eigenvalue weighted by Crippen LogP contribution is -2.03. The van der Waals surface area contributed by atoms with Crippen molar-refractivity contribution >= 4 is 22.3 Å². The number of hydrogen-bond acceptors (Lipinski definition) is 4. The maximum Gasteiger partial charge on any atom is 0.309 e. The van der Waals surface area contributed by atoms with E-state index >= 15 is 0 Å². The van der Waals surface area contributed by atoms with Crippen LogP contribution in [-0.2, 0) is 11.2 Å². The Kier molecular flexibility index (Phi) is 2.56. The first-order valence-electron chi connectivity index (χ1n) is 5.34. The fourth-order valence-electron chi connectivity index (χ4n) is 1.71. The third-order valence-electron chi connectivity index (χ3n) is 2.51. The van der Waals surface area contributed by atoms with Gasteiger partial charge in [0.15, 0.2) is 5.82 Å². The summed E-state index contributed by atoms with van der Waals surface area (Å²) in [5, 5.41) is 14.9. The van der Waals surface area contributed by atoms with Gasteiger partial charge in [-0.25, -0.2) is 4.52 Å². The summed E-state index contributed by atoms with van der Waals surface area (Å²) in [4.78, 5) is 15.8. The first-order valence-corrected chi connectivity index (χ1v) is 6.22. The molecule has 18 heavy (non-hydrogen) atoms. The van der Waals surface area contributed by atoms with Crippen LogP contribution in [0.1, 0.15) is 5.69 Å². The van der Waals surface area contributed by atoms with E-state index < -0.39 is 5.97 Å². The van der Waals surface area contributed by atoms with Crippen LogP contribution < -0.4 is 0 Å². The molecule has 1 aromatic carbocycles. The lowest BCUT2D eigenvalue weighted by Gasteiger charge is -1.93. The van der Waals surface area contributed by atoms with E-state index in [2.05, 4.69) is 10.1 Å². The molecule has 0 saturated heterocycles. The van der Waals surface area contributed by atoms with Crippen LogP contribution in [0.15, 0.2) is 35.7 Å². The van der Waals surface area contributed by atoms with Crippen LogP contribution >= 0.6 is 11.3 Å². The summed E-state index contributed by atoms with van der Waals surface area (Å²) in [6.07, 6.45) is -0.0441. The molecule has 0 fully saturated rings. The molecule has 90 valence electrons. The van der Waals surface area contributed by atoms with Crippen molar-refractivity contribution in [3.8, 4) is 11.4 Å². The molecule has 0 spiro atoms. The van der Waals surface area contributed by atoms with Gasteiger partial charge in [0.1, 0.15) is 0 Å². The van der Waals surface area contributed by atoms with Crippen LogP contribution in [-0.4, -0.2) is 25.7 Å². The minimum atomic E-state index is -0.869. The third-order valence-corrected chi connectivity index (χ3v) is 3.38. The van der Waals surface area contributed by atoms with Gasteiger partial charge in [-0.2, -0.15) is 4.98 Å². The van der Waals surface area contributed by atoms with E-state index in [-0.39, 0.29) is 6.42 Å². The molecule has 0 saturated carbocycles. The second kappa shape index (κ2) is 4.23. The maximum atomic E-state index is 10.7. The Morgan fingerprint density at radius 2 is 2.11 bits per heavy atom. The zero-order valence-corrected chi connectivity index (χ0v) is 10.1. The number of fused-ring (bicyclic) bond motifs is 1. The molecule has 0 aliphatic rings. The summed E-state index contributed by atoms with van der Waals surface area (Å²) < 4.78 is 1.60. The second-order valence-electron chi connectivity index (χ2n) is 3.79. The molecule has 5 nitrogen and oxygen atoms in total. The molecule has 2 aromatic heterocycles. The van der Waals surface area contributed by atoms with Crippen molar-refractivity contribution in [3.63, 3.8) is 0 Å². The number of aliphatic carboxylic acids is 1. The second-order valence-corrected chi connectivity index (χ2v) is 4.63. The molecule has 0 bridgehead atoms. The quantitative estimate of drug-likeness (QED) is 0.782. The van der Waals surface area contributed by atoms with Crippen molar-refractivity contribution in [3.05, 3.63) is 41.4 Å². The van der Waals surface area contributed by atoms with Crippen LogP contribution in [0.25, 0.3) is 16.3 Å². The summed E-state index contributed by atoms with van der Waals surface area (Å²) in [6.45, 7) is 0. The van der Waals surface area contributed by atoms with Crippen molar-refractivity contribution in [2.75, 3.05) is 0 Å². The number of carboxylic acids is 1. The highest BCUT2D eigenvalue weighted by molar-refractivity contribution is 7.15. The number of carboxylic acid groups (broad SMARTS) is 1. The molecule has 0 aliphatic carbocycles. The molecule has 1 N–H and O–H groups in total. The monoisotopic (exact) mass is 259 g/mol. The normalized spacial score (nSPS) is 10.9. The first-order chi connectivity index (χ1) is 8.74. The smallest absolute Gasteiger partial charge is 0.309 e. The molecular weight excluding hydrogens is 250 g/mol. The highest BCUT2D eigenvalue weighted by Gasteiger charge is 2.12. The number of benzene rings is 1. The van der Waals surface area contributed by atoms with E-state index in [0.29, 0.717) is 16.5 Å². The minimum absolute atomic E-state index is 0.0441. The Bertz CT molecular complexity index is 703. The summed E-state index contributed by atoms with van der Waals surface area (Å²) in [5.74, 6) is -0.249. The van der Waals surface area contributed by atoms with Crippen molar-refractivity contribution < 1.29 is 9.90 Å². The average molecular weight is 259 g/mol. The Hall–Kier alpha value is -2.21. The standard InChI is InChI=1S/C12H9N3O2S/c16-10(17)6-9-7-18-12-13-11(14-15(9)12)8-4-2-1-3-5-8/h1-5,7H,6H2,(H,16,17). The summed E-state index contributed by atoms with van der Waals surface area (Å²) in [6, 6.07) is 9.62. The number of thiazole rings is 1. The van der Waals surface area contributed by atoms with E-state index in [1.54, 1.807) is 9.90 Å². The number of aromatic nitrogens is 3. The number of rotatable bonds is 3. The van der Waals surface area contributed by atoms with Crippen LogP contribution in [0.4, 0.5) is 0 Å². The maximum absolute atomic E-state index is 10.7. The number of nitrogens with zero attached hydrogens (tertiary/aromatic N) is 3. The average Bonchev–Trinajstić information content (AvgIpc) is 2.92. The predicted octanol–water partition coefficient (Wildman–Crippen LogP) is 2.08.